The fourth-order valence-electron chi connectivity index (χ4n) is 4.78. The van der Waals surface area contributed by atoms with Crippen LogP contribution in [0.15, 0.2) is 60.8 Å². The Kier molecular flexibility index (Phi) is 34.8. The highest BCUT2D eigenvalue weighted by Crippen LogP contribution is 2.42. The van der Waals surface area contributed by atoms with Crippen LogP contribution in [0.2, 0.25) is 0 Å². The SMILES string of the molecule is CC/C=C\C/C=C\C/C=C\C/C=C\CCCCC(=O)NCCOP(=O)(O)OCC(O)COC(=O)CCCCCCC/C=C\CCCCCCC. The minimum atomic E-state index is -4.43. The van der Waals surface area contributed by atoms with E-state index in [0.717, 1.165) is 83.5 Å². The zero-order valence-corrected chi connectivity index (χ0v) is 32.2. The van der Waals surface area contributed by atoms with Crippen molar-refractivity contribution in [2.24, 2.45) is 0 Å². The number of rotatable bonds is 35. The number of unbranched alkanes of at least 4 members (excludes halogenated alkanes) is 12. The van der Waals surface area contributed by atoms with Crippen LogP contribution >= 0.6 is 7.82 Å². The van der Waals surface area contributed by atoms with Crippen LogP contribution in [0.5, 0.6) is 0 Å². The zero-order valence-electron chi connectivity index (χ0n) is 31.3. The molecule has 0 aromatic heterocycles. The van der Waals surface area contributed by atoms with Gasteiger partial charge in [-0.1, -0.05) is 120 Å². The first-order valence-corrected chi connectivity index (χ1v) is 20.8. The molecule has 0 saturated carbocycles. The number of esters is 1. The summed E-state index contributed by atoms with van der Waals surface area (Å²) >= 11 is 0. The van der Waals surface area contributed by atoms with Crippen molar-refractivity contribution in [2.45, 2.75) is 155 Å². The summed E-state index contributed by atoms with van der Waals surface area (Å²) in [5.41, 5.74) is 0. The molecule has 3 N–H and O–H groups in total. The second-order valence-corrected chi connectivity index (χ2v) is 14.0. The van der Waals surface area contributed by atoms with E-state index in [-0.39, 0.29) is 32.1 Å². The largest absolute Gasteiger partial charge is 0.472 e. The normalized spacial score (nSPS) is 14.1. The maximum Gasteiger partial charge on any atom is 0.472 e. The number of carbonyl (C=O) groups is 2. The molecule has 0 fully saturated rings. The highest BCUT2D eigenvalue weighted by molar-refractivity contribution is 7.47. The lowest BCUT2D eigenvalue weighted by Crippen LogP contribution is -2.27. The molecule has 2 atom stereocenters. The van der Waals surface area contributed by atoms with Crippen molar-refractivity contribution in [3.63, 3.8) is 0 Å². The Balaban J connectivity index is 3.71. The van der Waals surface area contributed by atoms with Crippen LogP contribution in [0.1, 0.15) is 149 Å². The van der Waals surface area contributed by atoms with Gasteiger partial charge in [-0.25, -0.2) is 4.57 Å². The minimum Gasteiger partial charge on any atom is -0.463 e. The van der Waals surface area contributed by atoms with Crippen molar-refractivity contribution in [3.05, 3.63) is 60.8 Å². The van der Waals surface area contributed by atoms with E-state index in [4.69, 9.17) is 13.8 Å². The molecular formula is C40H70NO8P. The molecule has 1 amide bonds. The van der Waals surface area contributed by atoms with Crippen molar-refractivity contribution in [3.8, 4) is 0 Å². The molecule has 0 spiro atoms. The van der Waals surface area contributed by atoms with Gasteiger partial charge in [0.05, 0.1) is 13.2 Å². The lowest BCUT2D eigenvalue weighted by molar-refractivity contribution is -0.147. The van der Waals surface area contributed by atoms with Gasteiger partial charge < -0.3 is 20.1 Å². The molecule has 0 aliphatic heterocycles. The van der Waals surface area contributed by atoms with Gasteiger partial charge in [-0.05, 0) is 77.0 Å². The Labute approximate surface area is 304 Å². The molecule has 288 valence electrons. The quantitative estimate of drug-likeness (QED) is 0.0255. The first-order valence-electron chi connectivity index (χ1n) is 19.3. The summed E-state index contributed by atoms with van der Waals surface area (Å²) in [5.74, 6) is -0.573. The number of ether oxygens (including phenoxy) is 1. The van der Waals surface area contributed by atoms with E-state index in [0.29, 0.717) is 6.42 Å². The van der Waals surface area contributed by atoms with E-state index in [9.17, 15) is 24.2 Å². The number of carbonyl (C=O) groups excluding carboxylic acids is 2. The van der Waals surface area contributed by atoms with Gasteiger partial charge in [0, 0.05) is 19.4 Å². The highest BCUT2D eigenvalue weighted by atomic mass is 31.2. The van der Waals surface area contributed by atoms with Gasteiger partial charge in [0.15, 0.2) is 0 Å². The molecule has 0 aliphatic rings. The molecule has 0 aromatic rings. The number of allylic oxidation sites excluding steroid dienone is 10. The standard InChI is InChI=1S/C40H70NO8P/c1-3-5-7-9-11-13-15-17-19-20-22-24-26-28-30-32-39(43)41-34-35-48-50(45,46)49-37-38(42)36-47-40(44)33-31-29-27-25-23-21-18-16-14-12-10-8-6-4-2/h5,7,11,13,16-19,22,24,38,42H,3-4,6,8-10,12,14-15,20-21,23,25-37H2,1-2H3,(H,41,43)(H,45,46)/b7-5-,13-11-,18-16-,19-17-,24-22-. The fourth-order valence-corrected chi connectivity index (χ4v) is 5.53. The van der Waals surface area contributed by atoms with E-state index in [1.54, 1.807) is 0 Å². The Morgan fingerprint density at radius 3 is 1.76 bits per heavy atom. The van der Waals surface area contributed by atoms with Gasteiger partial charge in [0.25, 0.3) is 0 Å². The molecule has 0 aromatic carbocycles. The molecule has 10 heteroatoms. The number of aliphatic hydroxyl groups excluding tert-OH is 1. The Bertz CT molecular complexity index is 1010. The third kappa shape index (κ3) is 37.0. The first kappa shape index (κ1) is 47.7. The second-order valence-electron chi connectivity index (χ2n) is 12.5. The van der Waals surface area contributed by atoms with Crippen molar-refractivity contribution >= 4 is 19.7 Å². The van der Waals surface area contributed by atoms with Crippen molar-refractivity contribution in [2.75, 3.05) is 26.4 Å². The molecule has 0 heterocycles. The van der Waals surface area contributed by atoms with E-state index in [1.165, 1.54) is 38.5 Å². The molecule has 50 heavy (non-hydrogen) atoms. The van der Waals surface area contributed by atoms with Crippen molar-refractivity contribution in [1.82, 2.24) is 5.32 Å². The maximum atomic E-state index is 12.0. The van der Waals surface area contributed by atoms with Crippen LogP contribution in [0.3, 0.4) is 0 Å². The molecule has 2 unspecified atom stereocenters. The molecular weight excluding hydrogens is 653 g/mol. The van der Waals surface area contributed by atoms with Gasteiger partial charge >= 0.3 is 13.8 Å². The van der Waals surface area contributed by atoms with Crippen LogP contribution in [-0.2, 0) is 27.9 Å². The average molecular weight is 724 g/mol. The Morgan fingerprint density at radius 1 is 0.640 bits per heavy atom. The third-order valence-electron chi connectivity index (χ3n) is 7.68. The minimum absolute atomic E-state index is 0.0556. The summed E-state index contributed by atoms with van der Waals surface area (Å²) in [6.07, 6.45) is 41.5. The van der Waals surface area contributed by atoms with Gasteiger partial charge in [-0.3, -0.25) is 18.6 Å². The van der Waals surface area contributed by atoms with Crippen LogP contribution in [0, 0.1) is 0 Å². The van der Waals surface area contributed by atoms with Crippen molar-refractivity contribution in [1.29, 1.82) is 0 Å². The highest BCUT2D eigenvalue weighted by Gasteiger charge is 2.23. The van der Waals surface area contributed by atoms with E-state index in [2.05, 4.69) is 79.9 Å². The number of phosphoric ester groups is 1. The number of amides is 1. The molecule has 0 rings (SSSR count). The maximum absolute atomic E-state index is 12.0. The van der Waals surface area contributed by atoms with Crippen molar-refractivity contribution < 1.29 is 37.9 Å². The number of hydrogen-bond acceptors (Lipinski definition) is 7. The Morgan fingerprint density at radius 2 is 1.14 bits per heavy atom. The number of aliphatic hydroxyl groups is 1. The summed E-state index contributed by atoms with van der Waals surface area (Å²) in [6, 6.07) is 0. The van der Waals surface area contributed by atoms with Crippen LogP contribution in [-0.4, -0.2) is 54.3 Å². The molecule has 0 bridgehead atoms. The molecule has 0 aliphatic carbocycles. The van der Waals surface area contributed by atoms with Gasteiger partial charge in [-0.15, -0.1) is 0 Å². The summed E-state index contributed by atoms with van der Waals surface area (Å²) in [7, 11) is -4.43. The van der Waals surface area contributed by atoms with E-state index >= 15 is 0 Å². The summed E-state index contributed by atoms with van der Waals surface area (Å²) < 4.78 is 26.7. The van der Waals surface area contributed by atoms with Crippen LogP contribution in [0.4, 0.5) is 0 Å². The van der Waals surface area contributed by atoms with Crippen LogP contribution in [0.25, 0.3) is 0 Å². The zero-order chi connectivity index (χ0) is 36.8. The first-order chi connectivity index (χ1) is 24.3. The van der Waals surface area contributed by atoms with E-state index < -0.39 is 26.5 Å². The molecule has 0 saturated heterocycles. The van der Waals surface area contributed by atoms with Crippen LogP contribution < -0.4 is 5.32 Å². The average Bonchev–Trinajstić information content (AvgIpc) is 3.10. The molecule has 0 radical (unpaired) electrons. The predicted octanol–water partition coefficient (Wildman–Crippen LogP) is 10.2. The predicted molar refractivity (Wildman–Crippen MR) is 206 cm³/mol. The summed E-state index contributed by atoms with van der Waals surface area (Å²) in [6.45, 7) is 3.34. The molecule has 9 nitrogen and oxygen atoms in total. The van der Waals surface area contributed by atoms with Gasteiger partial charge in [0.2, 0.25) is 5.91 Å². The topological polar surface area (TPSA) is 131 Å². The smallest absolute Gasteiger partial charge is 0.463 e. The van der Waals surface area contributed by atoms with E-state index in [1.807, 2.05) is 0 Å². The lowest BCUT2D eigenvalue weighted by Gasteiger charge is -2.15. The Hall–Kier alpha value is -2.29. The third-order valence-corrected chi connectivity index (χ3v) is 8.67. The lowest BCUT2D eigenvalue weighted by atomic mass is 10.1. The van der Waals surface area contributed by atoms with Gasteiger partial charge in [-0.2, -0.15) is 0 Å². The summed E-state index contributed by atoms with van der Waals surface area (Å²) in [4.78, 5) is 33.8. The monoisotopic (exact) mass is 723 g/mol. The second kappa shape index (κ2) is 36.5. The number of hydrogen-bond donors (Lipinski definition) is 3. The fraction of sp³-hybridized carbons (Fsp3) is 0.700. The number of nitrogens with one attached hydrogen (secondary N) is 1. The number of phosphoric acid groups is 1. The summed E-state index contributed by atoms with van der Waals surface area (Å²) in [5, 5.41) is 12.6. The van der Waals surface area contributed by atoms with Gasteiger partial charge in [0.1, 0.15) is 12.7 Å².